The molecule has 3 aromatic rings. The molecule has 0 aliphatic heterocycles. The molecule has 0 unspecified atom stereocenters. The zero-order valence-corrected chi connectivity index (χ0v) is 15.4. The molecule has 0 spiro atoms. The van der Waals surface area contributed by atoms with E-state index in [1.165, 1.54) is 5.56 Å². The lowest BCUT2D eigenvalue weighted by Crippen LogP contribution is -2.20. The van der Waals surface area contributed by atoms with Crippen molar-refractivity contribution >= 4 is 0 Å². The molecule has 5 nitrogen and oxygen atoms in total. The Morgan fingerprint density at radius 3 is 2.58 bits per heavy atom. The topological polar surface area (TPSA) is 66.5 Å². The van der Waals surface area contributed by atoms with Crippen LogP contribution >= 0.6 is 0 Å². The molecule has 0 radical (unpaired) electrons. The predicted molar refractivity (Wildman–Crippen MR) is 102 cm³/mol. The average molecular weight is 345 g/mol. The minimum absolute atomic E-state index is 0.205. The van der Waals surface area contributed by atoms with Gasteiger partial charge in [-0.25, -0.2) is 0 Å². The molecular formula is C21H23N5. The van der Waals surface area contributed by atoms with Crippen LogP contribution in [-0.4, -0.2) is 14.8 Å². The van der Waals surface area contributed by atoms with E-state index < -0.39 is 0 Å². The first-order valence-electron chi connectivity index (χ1n) is 8.85. The van der Waals surface area contributed by atoms with Crippen LogP contribution in [0.1, 0.15) is 42.7 Å². The molecule has 0 aliphatic carbocycles. The fraction of sp³-hybridized carbons (Fsp3) is 0.286. The van der Waals surface area contributed by atoms with Gasteiger partial charge in [0.25, 0.3) is 0 Å². The van der Waals surface area contributed by atoms with Crippen LogP contribution in [0.5, 0.6) is 0 Å². The van der Waals surface area contributed by atoms with Crippen molar-refractivity contribution < 1.29 is 0 Å². The van der Waals surface area contributed by atoms with E-state index in [4.69, 9.17) is 5.26 Å². The highest BCUT2D eigenvalue weighted by atomic mass is 15.3. The number of aromatic nitrogens is 3. The lowest BCUT2D eigenvalue weighted by atomic mass is 10.00. The molecule has 1 atom stereocenters. The Kier molecular flexibility index (Phi) is 5.45. The summed E-state index contributed by atoms with van der Waals surface area (Å²) in [6, 6.07) is 18.5. The Morgan fingerprint density at radius 2 is 1.88 bits per heavy atom. The van der Waals surface area contributed by atoms with E-state index in [-0.39, 0.29) is 6.04 Å². The highest BCUT2D eigenvalue weighted by molar-refractivity contribution is 5.65. The molecule has 0 fully saturated rings. The van der Waals surface area contributed by atoms with Crippen LogP contribution < -0.4 is 5.32 Å². The lowest BCUT2D eigenvalue weighted by Gasteiger charge is -2.15. The maximum absolute atomic E-state index is 9.05. The van der Waals surface area contributed by atoms with E-state index in [1.54, 1.807) is 0 Å². The first-order chi connectivity index (χ1) is 12.6. The van der Waals surface area contributed by atoms with Gasteiger partial charge in [0.15, 0.2) is 0 Å². The monoisotopic (exact) mass is 345 g/mol. The zero-order chi connectivity index (χ0) is 18.5. The molecule has 0 bridgehead atoms. The molecule has 0 amide bonds. The van der Waals surface area contributed by atoms with Crippen LogP contribution in [0, 0.1) is 18.3 Å². The summed E-state index contributed by atoms with van der Waals surface area (Å²) in [6.07, 6.45) is 0. The second-order valence-electron chi connectivity index (χ2n) is 6.32. The van der Waals surface area contributed by atoms with Gasteiger partial charge in [-0.15, -0.1) is 10.2 Å². The number of nitrogens with one attached hydrogen (secondary N) is 1. The molecule has 2 aromatic carbocycles. The van der Waals surface area contributed by atoms with Crippen molar-refractivity contribution in [3.63, 3.8) is 0 Å². The molecule has 3 rings (SSSR count). The molecule has 0 saturated heterocycles. The van der Waals surface area contributed by atoms with Crippen LogP contribution in [0.2, 0.25) is 0 Å². The number of hydrogen-bond acceptors (Lipinski definition) is 4. The Bertz CT molecular complexity index is 918. The number of nitriles is 1. The summed E-state index contributed by atoms with van der Waals surface area (Å²) in [4.78, 5) is 0. The van der Waals surface area contributed by atoms with Gasteiger partial charge in [0.05, 0.1) is 18.2 Å². The summed E-state index contributed by atoms with van der Waals surface area (Å²) in [5.74, 6) is 1.91. The van der Waals surface area contributed by atoms with E-state index in [2.05, 4.69) is 64.3 Å². The van der Waals surface area contributed by atoms with Crippen LogP contribution in [0.15, 0.2) is 48.5 Å². The van der Waals surface area contributed by atoms with E-state index in [9.17, 15) is 0 Å². The first kappa shape index (κ1) is 17.8. The third-order valence-electron chi connectivity index (χ3n) is 4.63. The van der Waals surface area contributed by atoms with Crippen LogP contribution in [-0.2, 0) is 13.1 Å². The highest BCUT2D eigenvalue weighted by Crippen LogP contribution is 2.23. The SMILES string of the molecule is CCn1c(C)nnc1CN[C@@H](C)c1ccc(-c2cccc(C#N)c2)cc1. The molecule has 0 aliphatic rings. The number of nitrogens with zero attached hydrogens (tertiary/aromatic N) is 4. The van der Waals surface area contributed by atoms with Crippen molar-refractivity contribution in [2.24, 2.45) is 0 Å². The Balaban J connectivity index is 1.68. The van der Waals surface area contributed by atoms with Gasteiger partial charge in [0.2, 0.25) is 0 Å². The van der Waals surface area contributed by atoms with Crippen molar-refractivity contribution in [2.45, 2.75) is 39.9 Å². The Hall–Kier alpha value is -2.97. The van der Waals surface area contributed by atoms with E-state index in [0.717, 1.165) is 29.3 Å². The second-order valence-corrected chi connectivity index (χ2v) is 6.32. The van der Waals surface area contributed by atoms with Gasteiger partial charge < -0.3 is 9.88 Å². The summed E-state index contributed by atoms with van der Waals surface area (Å²) < 4.78 is 2.12. The quantitative estimate of drug-likeness (QED) is 0.733. The summed E-state index contributed by atoms with van der Waals surface area (Å²) >= 11 is 0. The number of aryl methyl sites for hydroxylation is 1. The number of rotatable bonds is 6. The van der Waals surface area contributed by atoms with Crippen LogP contribution in [0.3, 0.4) is 0 Å². The molecule has 1 aromatic heterocycles. The van der Waals surface area contributed by atoms with Gasteiger partial charge >= 0.3 is 0 Å². The van der Waals surface area contributed by atoms with Crippen LogP contribution in [0.25, 0.3) is 11.1 Å². The zero-order valence-electron chi connectivity index (χ0n) is 15.4. The van der Waals surface area contributed by atoms with E-state index >= 15 is 0 Å². The first-order valence-corrected chi connectivity index (χ1v) is 8.85. The summed E-state index contributed by atoms with van der Waals surface area (Å²) in [5, 5.41) is 21.0. The van der Waals surface area contributed by atoms with Crippen molar-refractivity contribution in [1.29, 1.82) is 5.26 Å². The predicted octanol–water partition coefficient (Wildman–Crippen LogP) is 4.00. The van der Waals surface area contributed by atoms with Gasteiger partial charge in [-0.3, -0.25) is 0 Å². The summed E-state index contributed by atoms with van der Waals surface area (Å²) in [7, 11) is 0. The van der Waals surface area contributed by atoms with E-state index in [0.29, 0.717) is 12.1 Å². The molecule has 1 heterocycles. The van der Waals surface area contributed by atoms with Gasteiger partial charge in [-0.2, -0.15) is 5.26 Å². The largest absolute Gasteiger partial charge is 0.314 e. The minimum atomic E-state index is 0.205. The summed E-state index contributed by atoms with van der Waals surface area (Å²) in [5.41, 5.74) is 4.06. The Labute approximate surface area is 154 Å². The van der Waals surface area contributed by atoms with Crippen molar-refractivity contribution in [3.05, 3.63) is 71.3 Å². The van der Waals surface area contributed by atoms with Gasteiger partial charge in [-0.1, -0.05) is 36.4 Å². The lowest BCUT2D eigenvalue weighted by molar-refractivity contribution is 0.537. The normalized spacial score (nSPS) is 11.9. The van der Waals surface area contributed by atoms with Crippen molar-refractivity contribution in [3.8, 4) is 17.2 Å². The van der Waals surface area contributed by atoms with E-state index in [1.807, 2.05) is 31.2 Å². The number of benzene rings is 2. The number of hydrogen-bond donors (Lipinski definition) is 1. The molecule has 5 heteroatoms. The third-order valence-corrected chi connectivity index (χ3v) is 4.63. The fourth-order valence-electron chi connectivity index (χ4n) is 3.06. The maximum atomic E-state index is 9.05. The smallest absolute Gasteiger partial charge is 0.147 e. The minimum Gasteiger partial charge on any atom is -0.314 e. The summed E-state index contributed by atoms with van der Waals surface area (Å²) in [6.45, 7) is 7.78. The molecule has 132 valence electrons. The molecular weight excluding hydrogens is 322 g/mol. The standard InChI is InChI=1S/C21H23N5/c1-4-26-16(3)24-25-21(26)14-23-15(2)18-8-10-19(11-9-18)20-7-5-6-17(12-20)13-22/h5-12,15,23H,4,14H2,1-3H3/t15-/m0/s1. The molecule has 0 saturated carbocycles. The molecule has 1 N–H and O–H groups in total. The van der Waals surface area contributed by atoms with Gasteiger partial charge in [0.1, 0.15) is 11.6 Å². The van der Waals surface area contributed by atoms with Crippen molar-refractivity contribution in [2.75, 3.05) is 0 Å². The maximum Gasteiger partial charge on any atom is 0.147 e. The average Bonchev–Trinajstić information content (AvgIpc) is 3.05. The second kappa shape index (κ2) is 7.94. The highest BCUT2D eigenvalue weighted by Gasteiger charge is 2.10. The van der Waals surface area contributed by atoms with Crippen molar-refractivity contribution in [1.82, 2.24) is 20.1 Å². The van der Waals surface area contributed by atoms with Crippen LogP contribution in [0.4, 0.5) is 0 Å². The third kappa shape index (κ3) is 3.81. The molecule has 26 heavy (non-hydrogen) atoms. The van der Waals surface area contributed by atoms with Gasteiger partial charge in [-0.05, 0) is 49.6 Å². The van der Waals surface area contributed by atoms with Gasteiger partial charge in [0, 0.05) is 12.6 Å². The Morgan fingerprint density at radius 1 is 1.12 bits per heavy atom. The fourth-order valence-corrected chi connectivity index (χ4v) is 3.06.